The zero-order chi connectivity index (χ0) is 16.0. The lowest BCUT2D eigenvalue weighted by atomic mass is 10.0. The SMILES string of the molecule is CCCC(C(=O)Nc1cc(Cl)c(OC)cc1OC)C(N)=S. The van der Waals surface area contributed by atoms with E-state index in [-0.39, 0.29) is 10.9 Å². The Kier molecular flexibility index (Phi) is 6.71. The van der Waals surface area contributed by atoms with Crippen LogP contribution in [-0.2, 0) is 4.79 Å². The van der Waals surface area contributed by atoms with Gasteiger partial charge in [0.25, 0.3) is 0 Å². The minimum absolute atomic E-state index is 0.174. The average molecular weight is 331 g/mol. The van der Waals surface area contributed by atoms with E-state index in [0.29, 0.717) is 28.6 Å². The maximum Gasteiger partial charge on any atom is 0.234 e. The Morgan fingerprint density at radius 3 is 2.48 bits per heavy atom. The highest BCUT2D eigenvalue weighted by Crippen LogP contribution is 2.36. The highest BCUT2D eigenvalue weighted by Gasteiger charge is 2.22. The number of halogens is 1. The van der Waals surface area contributed by atoms with Crippen molar-refractivity contribution in [2.75, 3.05) is 19.5 Å². The van der Waals surface area contributed by atoms with Crippen LogP contribution >= 0.6 is 23.8 Å². The largest absolute Gasteiger partial charge is 0.495 e. The second-order valence-corrected chi connectivity index (χ2v) is 5.30. The minimum Gasteiger partial charge on any atom is -0.495 e. The van der Waals surface area contributed by atoms with Crippen LogP contribution < -0.4 is 20.5 Å². The number of thiocarbonyl (C=S) groups is 1. The number of hydrogen-bond donors (Lipinski definition) is 2. The van der Waals surface area contributed by atoms with Crippen LogP contribution in [0.15, 0.2) is 12.1 Å². The molecular weight excluding hydrogens is 312 g/mol. The topological polar surface area (TPSA) is 73.6 Å². The van der Waals surface area contributed by atoms with Gasteiger partial charge in [0, 0.05) is 6.07 Å². The van der Waals surface area contributed by atoms with E-state index in [4.69, 9.17) is 39.0 Å². The molecule has 0 saturated carbocycles. The first-order chi connectivity index (χ1) is 9.94. The molecule has 0 aliphatic carbocycles. The summed E-state index contributed by atoms with van der Waals surface area (Å²) in [4.78, 5) is 12.4. The molecule has 0 spiro atoms. The Balaban J connectivity index is 3.03. The van der Waals surface area contributed by atoms with Crippen LogP contribution in [0.3, 0.4) is 0 Å². The predicted octanol–water partition coefficient (Wildman–Crippen LogP) is 3.00. The molecule has 1 aromatic rings. The van der Waals surface area contributed by atoms with Gasteiger partial charge in [-0.05, 0) is 12.5 Å². The molecule has 1 atom stereocenters. The summed E-state index contributed by atoms with van der Waals surface area (Å²) in [6.07, 6.45) is 1.39. The zero-order valence-corrected chi connectivity index (χ0v) is 13.8. The number of anilines is 1. The van der Waals surface area contributed by atoms with Gasteiger partial charge in [0.05, 0.1) is 35.8 Å². The van der Waals surface area contributed by atoms with Crippen LogP contribution in [0.4, 0.5) is 5.69 Å². The van der Waals surface area contributed by atoms with Gasteiger partial charge in [-0.15, -0.1) is 0 Å². The first-order valence-electron chi connectivity index (χ1n) is 6.46. The molecule has 0 aliphatic heterocycles. The lowest BCUT2D eigenvalue weighted by Crippen LogP contribution is -2.33. The van der Waals surface area contributed by atoms with Gasteiger partial charge in [-0.2, -0.15) is 0 Å². The van der Waals surface area contributed by atoms with Crippen LogP contribution in [0.5, 0.6) is 11.5 Å². The molecule has 0 bridgehead atoms. The highest BCUT2D eigenvalue weighted by atomic mass is 35.5. The van der Waals surface area contributed by atoms with Crippen molar-refractivity contribution < 1.29 is 14.3 Å². The third kappa shape index (κ3) is 4.47. The Morgan fingerprint density at radius 2 is 2.00 bits per heavy atom. The predicted molar refractivity (Wildman–Crippen MR) is 88.4 cm³/mol. The van der Waals surface area contributed by atoms with Crippen LogP contribution in [-0.4, -0.2) is 25.1 Å². The fraction of sp³-hybridized carbons (Fsp3) is 0.429. The van der Waals surface area contributed by atoms with Gasteiger partial charge < -0.3 is 20.5 Å². The van der Waals surface area contributed by atoms with Crippen LogP contribution in [0.1, 0.15) is 19.8 Å². The molecular formula is C14H19ClN2O3S. The standard InChI is InChI=1S/C14H19ClN2O3S/c1-4-5-8(13(16)21)14(18)17-10-6-9(15)11(19-2)7-12(10)20-3/h6-8H,4-5H2,1-3H3,(H2,16,21)(H,17,18). The van der Waals surface area contributed by atoms with Crippen molar-refractivity contribution in [1.82, 2.24) is 0 Å². The van der Waals surface area contributed by atoms with Gasteiger partial charge in [-0.1, -0.05) is 37.2 Å². The van der Waals surface area contributed by atoms with Crippen molar-refractivity contribution in [2.24, 2.45) is 11.7 Å². The number of ether oxygens (including phenoxy) is 2. The van der Waals surface area contributed by atoms with Crippen molar-refractivity contribution >= 4 is 40.4 Å². The maximum atomic E-state index is 12.3. The van der Waals surface area contributed by atoms with E-state index in [2.05, 4.69) is 5.32 Å². The van der Waals surface area contributed by atoms with Gasteiger partial charge in [-0.3, -0.25) is 4.79 Å². The maximum absolute atomic E-state index is 12.3. The Labute approximate surface area is 134 Å². The van der Waals surface area contributed by atoms with Crippen LogP contribution in [0.25, 0.3) is 0 Å². The summed E-state index contributed by atoms with van der Waals surface area (Å²) in [5.41, 5.74) is 6.07. The highest BCUT2D eigenvalue weighted by molar-refractivity contribution is 7.80. The summed E-state index contributed by atoms with van der Waals surface area (Å²) in [5.74, 6) is 0.119. The van der Waals surface area contributed by atoms with Crippen molar-refractivity contribution in [3.63, 3.8) is 0 Å². The molecule has 5 nitrogen and oxygen atoms in total. The smallest absolute Gasteiger partial charge is 0.234 e. The summed E-state index contributed by atoms with van der Waals surface area (Å²) in [6, 6.07) is 3.17. The molecule has 1 unspecified atom stereocenters. The first-order valence-corrected chi connectivity index (χ1v) is 7.24. The molecule has 0 aromatic heterocycles. The quantitative estimate of drug-likeness (QED) is 0.752. The molecule has 21 heavy (non-hydrogen) atoms. The molecule has 0 aliphatic rings. The number of carbonyl (C=O) groups excluding carboxylic acids is 1. The van der Waals surface area contributed by atoms with Crippen molar-refractivity contribution in [3.8, 4) is 11.5 Å². The fourth-order valence-corrected chi connectivity index (χ4v) is 2.33. The molecule has 0 radical (unpaired) electrons. The van der Waals surface area contributed by atoms with E-state index >= 15 is 0 Å². The summed E-state index contributed by atoms with van der Waals surface area (Å²) in [7, 11) is 3.00. The number of benzene rings is 1. The summed E-state index contributed by atoms with van der Waals surface area (Å²) < 4.78 is 10.3. The van der Waals surface area contributed by atoms with Crippen LogP contribution in [0.2, 0.25) is 5.02 Å². The second kappa shape index (κ2) is 8.05. The number of hydrogen-bond acceptors (Lipinski definition) is 4. The molecule has 1 aromatic carbocycles. The van der Waals surface area contributed by atoms with Gasteiger partial charge in [0.1, 0.15) is 11.5 Å². The first kappa shape index (κ1) is 17.5. The van der Waals surface area contributed by atoms with Crippen LogP contribution in [0, 0.1) is 5.92 Å². The van der Waals surface area contributed by atoms with Crippen molar-refractivity contribution in [3.05, 3.63) is 17.2 Å². The zero-order valence-electron chi connectivity index (χ0n) is 12.2. The van der Waals surface area contributed by atoms with E-state index in [1.165, 1.54) is 14.2 Å². The normalized spacial score (nSPS) is 11.6. The number of methoxy groups -OCH3 is 2. The minimum atomic E-state index is -0.518. The van der Waals surface area contributed by atoms with E-state index in [1.807, 2.05) is 6.92 Å². The number of amides is 1. The Hall–Kier alpha value is -1.53. The van der Waals surface area contributed by atoms with Gasteiger partial charge in [-0.25, -0.2) is 0 Å². The number of nitrogens with one attached hydrogen (secondary N) is 1. The molecule has 116 valence electrons. The van der Waals surface area contributed by atoms with Crippen molar-refractivity contribution in [1.29, 1.82) is 0 Å². The second-order valence-electron chi connectivity index (χ2n) is 4.42. The molecule has 0 saturated heterocycles. The monoisotopic (exact) mass is 330 g/mol. The molecule has 7 heteroatoms. The average Bonchev–Trinajstić information content (AvgIpc) is 2.44. The number of rotatable bonds is 7. The summed E-state index contributed by atoms with van der Waals surface area (Å²) in [6.45, 7) is 1.96. The Bertz CT molecular complexity index is 537. The summed E-state index contributed by atoms with van der Waals surface area (Å²) >= 11 is 11.0. The lowest BCUT2D eigenvalue weighted by molar-refractivity contribution is -0.118. The lowest BCUT2D eigenvalue weighted by Gasteiger charge is -2.17. The van der Waals surface area contributed by atoms with Crippen molar-refractivity contribution in [2.45, 2.75) is 19.8 Å². The van der Waals surface area contributed by atoms with E-state index in [1.54, 1.807) is 12.1 Å². The number of carbonyl (C=O) groups is 1. The van der Waals surface area contributed by atoms with Gasteiger partial charge in [0.15, 0.2) is 0 Å². The van der Waals surface area contributed by atoms with Gasteiger partial charge in [0.2, 0.25) is 5.91 Å². The molecule has 1 amide bonds. The Morgan fingerprint density at radius 1 is 1.38 bits per heavy atom. The van der Waals surface area contributed by atoms with E-state index < -0.39 is 5.92 Å². The molecule has 0 fully saturated rings. The number of nitrogens with two attached hydrogens (primary N) is 1. The molecule has 1 rings (SSSR count). The third-order valence-corrected chi connectivity index (χ3v) is 3.55. The fourth-order valence-electron chi connectivity index (χ4n) is 1.87. The van der Waals surface area contributed by atoms with E-state index in [0.717, 1.165) is 6.42 Å². The third-order valence-electron chi connectivity index (χ3n) is 2.97. The molecule has 3 N–H and O–H groups in total. The molecule has 0 heterocycles. The van der Waals surface area contributed by atoms with E-state index in [9.17, 15) is 4.79 Å². The van der Waals surface area contributed by atoms with Gasteiger partial charge >= 0.3 is 0 Å². The summed E-state index contributed by atoms with van der Waals surface area (Å²) in [5, 5.41) is 3.12.